The Hall–Kier alpha value is -3.36. The third kappa shape index (κ3) is 3.32. The van der Waals surface area contributed by atoms with Crippen molar-refractivity contribution in [3.05, 3.63) is 35.8 Å². The Bertz CT molecular complexity index is 1030. The average molecular weight is 396 g/mol. The first-order valence-electron chi connectivity index (χ1n) is 9.43. The number of fused-ring (bicyclic) bond motifs is 1. The van der Waals surface area contributed by atoms with E-state index in [-0.39, 0.29) is 5.91 Å². The first kappa shape index (κ1) is 19.0. The van der Waals surface area contributed by atoms with Crippen LogP contribution in [0.25, 0.3) is 11.0 Å². The zero-order chi connectivity index (χ0) is 20.5. The SMILES string of the molecule is COc1cc(C(=O)N2CCN(c3ncnc4c3cnn4C)CC2)cc(OC)c1C. The summed E-state index contributed by atoms with van der Waals surface area (Å²) in [4.78, 5) is 25.8. The van der Waals surface area contributed by atoms with Gasteiger partial charge in [0.05, 0.1) is 25.8 Å². The van der Waals surface area contributed by atoms with E-state index in [1.807, 2.05) is 18.9 Å². The minimum absolute atomic E-state index is 0.0320. The summed E-state index contributed by atoms with van der Waals surface area (Å²) < 4.78 is 12.5. The average Bonchev–Trinajstić information content (AvgIpc) is 3.14. The fourth-order valence-corrected chi connectivity index (χ4v) is 3.72. The van der Waals surface area contributed by atoms with Crippen LogP contribution in [0.4, 0.5) is 5.82 Å². The Kier molecular flexibility index (Phi) is 4.96. The Morgan fingerprint density at radius 3 is 2.31 bits per heavy atom. The van der Waals surface area contributed by atoms with E-state index >= 15 is 0 Å². The number of methoxy groups -OCH3 is 2. The van der Waals surface area contributed by atoms with Crippen molar-refractivity contribution in [3.63, 3.8) is 0 Å². The highest BCUT2D eigenvalue weighted by atomic mass is 16.5. The zero-order valence-corrected chi connectivity index (χ0v) is 17.0. The highest BCUT2D eigenvalue weighted by Crippen LogP contribution is 2.30. The number of aryl methyl sites for hydroxylation is 1. The highest BCUT2D eigenvalue weighted by molar-refractivity contribution is 5.95. The predicted octanol–water partition coefficient (Wildman–Crippen LogP) is 1.65. The van der Waals surface area contributed by atoms with Gasteiger partial charge < -0.3 is 19.3 Å². The van der Waals surface area contributed by atoms with Gasteiger partial charge in [-0.3, -0.25) is 9.48 Å². The molecule has 1 aliphatic heterocycles. The maximum atomic E-state index is 13.1. The Morgan fingerprint density at radius 2 is 1.69 bits per heavy atom. The number of anilines is 1. The maximum absolute atomic E-state index is 13.1. The quantitative estimate of drug-likeness (QED) is 0.663. The molecular weight excluding hydrogens is 372 g/mol. The van der Waals surface area contributed by atoms with Crippen LogP contribution in [0.1, 0.15) is 15.9 Å². The van der Waals surface area contributed by atoms with Crippen molar-refractivity contribution in [2.24, 2.45) is 7.05 Å². The molecule has 0 N–H and O–H groups in total. The fraction of sp³-hybridized carbons (Fsp3) is 0.400. The van der Waals surface area contributed by atoms with E-state index in [0.717, 1.165) is 22.4 Å². The highest BCUT2D eigenvalue weighted by Gasteiger charge is 2.25. The van der Waals surface area contributed by atoms with Gasteiger partial charge in [-0.2, -0.15) is 5.10 Å². The number of amides is 1. The molecule has 0 atom stereocenters. The lowest BCUT2D eigenvalue weighted by Crippen LogP contribution is -2.49. The number of carbonyl (C=O) groups is 1. The number of hydrogen-bond acceptors (Lipinski definition) is 7. The molecule has 2 aromatic heterocycles. The number of benzene rings is 1. The first-order chi connectivity index (χ1) is 14.0. The molecule has 152 valence electrons. The van der Waals surface area contributed by atoms with Crippen LogP contribution in [-0.4, -0.2) is 71.0 Å². The van der Waals surface area contributed by atoms with Crippen molar-refractivity contribution < 1.29 is 14.3 Å². The van der Waals surface area contributed by atoms with Crippen LogP contribution in [0.2, 0.25) is 0 Å². The zero-order valence-electron chi connectivity index (χ0n) is 17.0. The predicted molar refractivity (Wildman–Crippen MR) is 109 cm³/mol. The van der Waals surface area contributed by atoms with E-state index in [1.165, 1.54) is 0 Å². The molecule has 1 fully saturated rings. The summed E-state index contributed by atoms with van der Waals surface area (Å²) in [6.07, 6.45) is 3.34. The van der Waals surface area contributed by atoms with Crippen LogP contribution >= 0.6 is 0 Å². The topological polar surface area (TPSA) is 85.6 Å². The van der Waals surface area contributed by atoms with Crippen molar-refractivity contribution in [1.29, 1.82) is 0 Å². The summed E-state index contributed by atoms with van der Waals surface area (Å²) in [5.74, 6) is 2.11. The normalized spacial score (nSPS) is 14.3. The summed E-state index contributed by atoms with van der Waals surface area (Å²) in [5.41, 5.74) is 2.24. The molecule has 0 aliphatic carbocycles. The molecule has 1 aromatic carbocycles. The Labute approximate surface area is 168 Å². The van der Waals surface area contributed by atoms with Gasteiger partial charge in [-0.15, -0.1) is 0 Å². The lowest BCUT2D eigenvalue weighted by molar-refractivity contribution is 0.0746. The van der Waals surface area contributed by atoms with Crippen LogP contribution < -0.4 is 14.4 Å². The monoisotopic (exact) mass is 396 g/mol. The molecule has 1 amide bonds. The maximum Gasteiger partial charge on any atom is 0.254 e. The minimum Gasteiger partial charge on any atom is -0.496 e. The molecule has 29 heavy (non-hydrogen) atoms. The van der Waals surface area contributed by atoms with Crippen LogP contribution in [-0.2, 0) is 7.05 Å². The number of aromatic nitrogens is 4. The number of rotatable bonds is 4. The third-order valence-corrected chi connectivity index (χ3v) is 5.37. The van der Waals surface area contributed by atoms with Crippen molar-refractivity contribution in [1.82, 2.24) is 24.6 Å². The lowest BCUT2D eigenvalue weighted by atomic mass is 10.1. The summed E-state index contributed by atoms with van der Waals surface area (Å²) in [7, 11) is 5.05. The fourth-order valence-electron chi connectivity index (χ4n) is 3.72. The van der Waals surface area contributed by atoms with Crippen molar-refractivity contribution in [3.8, 4) is 11.5 Å². The van der Waals surface area contributed by atoms with Crippen LogP contribution in [0, 0.1) is 6.92 Å². The van der Waals surface area contributed by atoms with Gasteiger partial charge in [0.1, 0.15) is 23.6 Å². The Balaban J connectivity index is 1.52. The molecule has 0 radical (unpaired) electrons. The van der Waals surface area contributed by atoms with Gasteiger partial charge in [0.15, 0.2) is 5.65 Å². The van der Waals surface area contributed by atoms with Gasteiger partial charge in [-0.05, 0) is 19.1 Å². The van der Waals surface area contributed by atoms with E-state index in [4.69, 9.17) is 9.47 Å². The van der Waals surface area contributed by atoms with Gasteiger partial charge in [-0.25, -0.2) is 9.97 Å². The first-order valence-corrected chi connectivity index (χ1v) is 9.43. The van der Waals surface area contributed by atoms with Crippen LogP contribution in [0.3, 0.4) is 0 Å². The van der Waals surface area contributed by atoms with Crippen molar-refractivity contribution in [2.75, 3.05) is 45.3 Å². The Morgan fingerprint density at radius 1 is 1.03 bits per heavy atom. The molecule has 4 rings (SSSR count). The van der Waals surface area contributed by atoms with Gasteiger partial charge in [0.2, 0.25) is 0 Å². The van der Waals surface area contributed by atoms with Gasteiger partial charge >= 0.3 is 0 Å². The lowest BCUT2D eigenvalue weighted by Gasteiger charge is -2.35. The summed E-state index contributed by atoms with van der Waals surface area (Å²) >= 11 is 0. The van der Waals surface area contributed by atoms with Gasteiger partial charge in [0, 0.05) is 44.4 Å². The standard InChI is InChI=1S/C20H24N6O3/c1-13-16(28-3)9-14(10-17(13)29-4)20(27)26-7-5-25(6-8-26)19-15-11-23-24(2)18(15)21-12-22-19/h9-12H,5-8H2,1-4H3. The molecule has 9 nitrogen and oxygen atoms in total. The van der Waals surface area contributed by atoms with E-state index < -0.39 is 0 Å². The molecular formula is C20H24N6O3. The van der Waals surface area contributed by atoms with E-state index in [1.54, 1.807) is 43.6 Å². The number of carbonyl (C=O) groups excluding carboxylic acids is 1. The van der Waals surface area contributed by atoms with Gasteiger partial charge in [0.25, 0.3) is 5.91 Å². The molecule has 0 unspecified atom stereocenters. The molecule has 0 bridgehead atoms. The number of hydrogen-bond donors (Lipinski definition) is 0. The molecule has 1 saturated heterocycles. The van der Waals surface area contributed by atoms with Crippen molar-refractivity contribution >= 4 is 22.8 Å². The molecule has 0 saturated carbocycles. The second-order valence-electron chi connectivity index (χ2n) is 6.99. The molecule has 9 heteroatoms. The summed E-state index contributed by atoms with van der Waals surface area (Å²) in [6.45, 7) is 4.48. The molecule has 1 aliphatic rings. The second kappa shape index (κ2) is 7.57. The smallest absolute Gasteiger partial charge is 0.254 e. The number of ether oxygens (including phenoxy) is 2. The van der Waals surface area contributed by atoms with Crippen molar-refractivity contribution in [2.45, 2.75) is 6.92 Å². The molecule has 0 spiro atoms. The third-order valence-electron chi connectivity index (χ3n) is 5.37. The number of piperazine rings is 1. The largest absolute Gasteiger partial charge is 0.496 e. The van der Waals surface area contributed by atoms with Crippen LogP contribution in [0.15, 0.2) is 24.7 Å². The van der Waals surface area contributed by atoms with Crippen LogP contribution in [0.5, 0.6) is 11.5 Å². The second-order valence-corrected chi connectivity index (χ2v) is 6.99. The van der Waals surface area contributed by atoms with E-state index in [2.05, 4.69) is 20.0 Å². The summed E-state index contributed by atoms with van der Waals surface area (Å²) in [5, 5.41) is 5.19. The van der Waals surface area contributed by atoms with E-state index in [9.17, 15) is 4.79 Å². The minimum atomic E-state index is -0.0320. The molecule has 3 heterocycles. The number of nitrogens with zero attached hydrogens (tertiary/aromatic N) is 6. The summed E-state index contributed by atoms with van der Waals surface area (Å²) in [6, 6.07) is 3.55. The van der Waals surface area contributed by atoms with E-state index in [0.29, 0.717) is 43.2 Å². The van der Waals surface area contributed by atoms with Gasteiger partial charge in [-0.1, -0.05) is 0 Å². The molecule has 3 aromatic rings.